The number of esters is 1. The molecule has 0 bridgehead atoms. The molecule has 1 aromatic heterocycles. The third-order valence-electron chi connectivity index (χ3n) is 10.8. The molecule has 5 aliphatic rings. The van der Waals surface area contributed by atoms with Gasteiger partial charge in [0.25, 0.3) is 0 Å². The van der Waals surface area contributed by atoms with Crippen LogP contribution in [-0.4, -0.2) is 70.3 Å². The van der Waals surface area contributed by atoms with Crippen LogP contribution in [0.4, 0.5) is 0 Å². The zero-order valence-corrected chi connectivity index (χ0v) is 29.8. The van der Waals surface area contributed by atoms with Crippen LogP contribution >= 0.6 is 21.6 Å². The molecular weight excluding hydrogens is 663 g/mol. The Morgan fingerprint density at radius 2 is 2.10 bits per heavy atom. The molecule has 1 saturated heterocycles. The molecule has 0 radical (unpaired) electrons. The Balaban J connectivity index is 1.41. The number of carbonyl (C=O) groups excluding carboxylic acids is 2. The number of fused-ring (bicyclic) bond motifs is 6. The summed E-state index contributed by atoms with van der Waals surface area (Å²) in [6.45, 7) is 6.67. The first-order valence-electron chi connectivity index (χ1n) is 17.0. The van der Waals surface area contributed by atoms with Gasteiger partial charge in [-0.25, -0.2) is 9.59 Å². The minimum absolute atomic E-state index is 0.0212. The normalized spacial score (nSPS) is 28.4. The molecule has 0 unspecified atom stereocenters. The molecule has 0 saturated carbocycles. The highest BCUT2D eigenvalue weighted by molar-refractivity contribution is 8.76. The molecule has 2 aromatic rings. The largest absolute Gasteiger partial charge is 0.481 e. The molecule has 12 heteroatoms. The zero-order chi connectivity index (χ0) is 34.5. The van der Waals surface area contributed by atoms with E-state index < -0.39 is 28.7 Å². The first-order chi connectivity index (χ1) is 23.6. The van der Waals surface area contributed by atoms with Crippen LogP contribution in [0.1, 0.15) is 57.6 Å². The molecule has 1 fully saturated rings. The second kappa shape index (κ2) is 13.3. The van der Waals surface area contributed by atoms with Crippen molar-refractivity contribution in [3.8, 4) is 5.75 Å². The summed E-state index contributed by atoms with van der Waals surface area (Å²) in [6.07, 6.45) is 8.84. The lowest BCUT2D eigenvalue weighted by atomic mass is 9.61. The van der Waals surface area contributed by atoms with Crippen molar-refractivity contribution >= 4 is 44.4 Å². The van der Waals surface area contributed by atoms with Gasteiger partial charge in [-0.3, -0.25) is 4.79 Å². The second-order valence-electron chi connectivity index (χ2n) is 13.8. The standard InChI is InChI=1S/C37H43N3O7S2/c1-4-21(2)34(43)47-36(3)9-7-23-19-48-49-20-27-8-10-40(27)32(42)14-26-18-39-31(38)15-28(26)33(23)37(36)17-25-13-24-12-22(6-5-11-41)35(44)45-29(24)16-30(25)46-37/h4,7,12-13,15-16,27,33,39,41H,5-6,8-11,14,17-20,38H2,1-3H3/b21-4+/t27-,33-,36-,37-/m1/s1. The smallest absolute Gasteiger partial charge is 0.339 e. The lowest BCUT2D eigenvalue weighted by molar-refractivity contribution is -0.186. The van der Waals surface area contributed by atoms with Crippen LogP contribution in [-0.2, 0) is 27.2 Å². The summed E-state index contributed by atoms with van der Waals surface area (Å²) in [5, 5.41) is 13.4. The number of hydrogen-bond donors (Lipinski definition) is 3. The van der Waals surface area contributed by atoms with Crippen LogP contribution in [0.25, 0.3) is 11.0 Å². The number of nitrogens with two attached hydrogens (primary N) is 1. The van der Waals surface area contributed by atoms with E-state index in [1.54, 1.807) is 40.7 Å². The number of benzene rings is 1. The van der Waals surface area contributed by atoms with Crippen LogP contribution in [0.15, 0.2) is 73.8 Å². The van der Waals surface area contributed by atoms with Gasteiger partial charge in [0, 0.05) is 72.7 Å². The fourth-order valence-corrected chi connectivity index (χ4v) is 10.3. The van der Waals surface area contributed by atoms with Gasteiger partial charge < -0.3 is 34.9 Å². The Hall–Kier alpha value is -3.61. The Bertz CT molecular complexity index is 1900. The van der Waals surface area contributed by atoms with Gasteiger partial charge in [0.2, 0.25) is 5.91 Å². The van der Waals surface area contributed by atoms with E-state index in [2.05, 4.69) is 11.4 Å². The van der Waals surface area contributed by atoms with Crippen LogP contribution in [0, 0.1) is 5.92 Å². The van der Waals surface area contributed by atoms with Crippen LogP contribution in [0.3, 0.4) is 0 Å². The van der Waals surface area contributed by atoms with Gasteiger partial charge in [-0.05, 0) is 75.0 Å². The van der Waals surface area contributed by atoms with E-state index >= 15 is 0 Å². The predicted octanol–water partition coefficient (Wildman–Crippen LogP) is 4.69. The van der Waals surface area contributed by atoms with Crippen LogP contribution in [0.5, 0.6) is 5.75 Å². The molecular formula is C37H43N3O7S2. The maximum atomic E-state index is 13.7. The van der Waals surface area contributed by atoms with Crippen LogP contribution < -0.4 is 21.4 Å². The highest BCUT2D eigenvalue weighted by Gasteiger charge is 2.64. The predicted molar refractivity (Wildman–Crippen MR) is 192 cm³/mol. The molecule has 7 rings (SSSR count). The Morgan fingerprint density at radius 3 is 2.86 bits per heavy atom. The minimum Gasteiger partial charge on any atom is -0.481 e. The van der Waals surface area contributed by atoms with Crippen molar-refractivity contribution < 1.29 is 28.6 Å². The van der Waals surface area contributed by atoms with E-state index in [1.165, 1.54) is 0 Å². The summed E-state index contributed by atoms with van der Waals surface area (Å²) in [6, 6.07) is 5.84. The fraction of sp³-hybridized carbons (Fsp3) is 0.486. The number of carbonyl (C=O) groups is 2. The van der Waals surface area contributed by atoms with Gasteiger partial charge in [-0.1, -0.05) is 39.3 Å². The average Bonchev–Trinajstić information content (AvgIpc) is 3.43. The van der Waals surface area contributed by atoms with Crippen molar-refractivity contribution in [2.75, 3.05) is 31.2 Å². The third kappa shape index (κ3) is 5.99. The molecule has 1 aliphatic carbocycles. The summed E-state index contributed by atoms with van der Waals surface area (Å²) < 4.78 is 19.5. The average molecular weight is 706 g/mol. The Labute approximate surface area is 293 Å². The number of rotatable bonds is 5. The van der Waals surface area contributed by atoms with Crippen molar-refractivity contribution in [3.63, 3.8) is 0 Å². The highest BCUT2D eigenvalue weighted by atomic mass is 33.1. The van der Waals surface area contributed by atoms with E-state index in [0.717, 1.165) is 52.1 Å². The van der Waals surface area contributed by atoms with E-state index in [4.69, 9.17) is 19.6 Å². The number of allylic oxidation sites excluding steroid dienone is 2. The van der Waals surface area contributed by atoms with Gasteiger partial charge in [-0.15, -0.1) is 0 Å². The van der Waals surface area contributed by atoms with E-state index in [9.17, 15) is 19.5 Å². The van der Waals surface area contributed by atoms with Gasteiger partial charge >= 0.3 is 11.6 Å². The summed E-state index contributed by atoms with van der Waals surface area (Å²) in [7, 11) is 3.56. The van der Waals surface area contributed by atoms with Crippen molar-refractivity contribution in [2.45, 2.75) is 76.5 Å². The second-order valence-corrected chi connectivity index (χ2v) is 16.3. The Morgan fingerprint density at radius 1 is 1.27 bits per heavy atom. The molecule has 4 atom stereocenters. The monoisotopic (exact) mass is 705 g/mol. The molecule has 260 valence electrons. The molecule has 10 nitrogen and oxygen atoms in total. The quantitative estimate of drug-likeness (QED) is 0.131. The van der Waals surface area contributed by atoms with Crippen LogP contribution in [0.2, 0.25) is 0 Å². The van der Waals surface area contributed by atoms with Gasteiger partial charge in [0.1, 0.15) is 11.3 Å². The zero-order valence-electron chi connectivity index (χ0n) is 28.1. The minimum atomic E-state index is -1.13. The number of aliphatic hydroxyl groups excluding tert-OH is 1. The number of nitrogens with zero attached hydrogens (tertiary/aromatic N) is 1. The highest BCUT2D eigenvalue weighted by Crippen LogP contribution is 2.57. The first kappa shape index (κ1) is 33.9. The van der Waals surface area contributed by atoms with E-state index in [1.807, 2.05) is 37.0 Å². The van der Waals surface area contributed by atoms with Gasteiger partial charge in [0.15, 0.2) is 11.2 Å². The number of aliphatic hydroxyl groups is 1. The third-order valence-corrected chi connectivity index (χ3v) is 13.2. The van der Waals surface area contributed by atoms with Crippen molar-refractivity contribution in [1.82, 2.24) is 10.2 Å². The molecule has 1 aromatic carbocycles. The first-order valence-corrected chi connectivity index (χ1v) is 19.5. The van der Waals surface area contributed by atoms with Gasteiger partial charge in [-0.2, -0.15) is 0 Å². The molecule has 5 heterocycles. The topological polar surface area (TPSA) is 144 Å². The lowest BCUT2D eigenvalue weighted by Gasteiger charge is -2.53. The lowest BCUT2D eigenvalue weighted by Crippen LogP contribution is -2.65. The number of ether oxygens (including phenoxy) is 2. The number of aryl methyl sites for hydroxylation is 1. The van der Waals surface area contributed by atoms with Crippen molar-refractivity contribution in [2.24, 2.45) is 11.7 Å². The summed E-state index contributed by atoms with van der Waals surface area (Å²) in [4.78, 5) is 42.2. The number of hydrogen-bond acceptors (Lipinski definition) is 11. The van der Waals surface area contributed by atoms with Gasteiger partial charge in [0.05, 0.1) is 18.2 Å². The van der Waals surface area contributed by atoms with Crippen molar-refractivity contribution in [1.29, 1.82) is 0 Å². The number of dihydropyridines is 1. The maximum Gasteiger partial charge on any atom is 0.339 e. The Kier molecular flexibility index (Phi) is 9.16. The van der Waals surface area contributed by atoms with Crippen molar-refractivity contribution in [3.05, 3.63) is 86.1 Å². The summed E-state index contributed by atoms with van der Waals surface area (Å²) >= 11 is 0. The fourth-order valence-electron chi connectivity index (χ4n) is 7.78. The molecule has 1 spiro atoms. The molecule has 1 amide bonds. The number of nitrogens with one attached hydrogen (secondary N) is 1. The molecule has 4 N–H and O–H groups in total. The SMILES string of the molecule is C/C=C(\C)C(=O)O[C@]1(C)CC=C2CSSC[C@H]3CCN3C(=O)CC3=C(C=C(N)NC3)[C@@H]2[C@]12Cc1cc3cc(CCCO)c(=O)oc3cc1O2. The molecule has 49 heavy (non-hydrogen) atoms. The molecule has 4 aliphatic heterocycles. The summed E-state index contributed by atoms with van der Waals surface area (Å²) in [5.74, 6) is 1.93. The maximum absolute atomic E-state index is 13.7. The number of amides is 1. The van der Waals surface area contributed by atoms with E-state index in [-0.39, 0.29) is 25.0 Å². The van der Waals surface area contributed by atoms with E-state index in [0.29, 0.717) is 60.5 Å². The summed E-state index contributed by atoms with van der Waals surface area (Å²) in [5.41, 5.74) is 9.10.